The molecule has 1 aliphatic rings. The maximum atomic E-state index is 11.9. The average Bonchev–Trinajstić information content (AvgIpc) is 3.23. The van der Waals surface area contributed by atoms with Crippen molar-refractivity contribution in [1.82, 2.24) is 19.6 Å². The van der Waals surface area contributed by atoms with Crippen molar-refractivity contribution in [2.75, 3.05) is 33.3 Å². The summed E-state index contributed by atoms with van der Waals surface area (Å²) in [5.74, 6) is 0.877. The molecular formula is C19H28IN5O2. The van der Waals surface area contributed by atoms with Crippen molar-refractivity contribution in [3.05, 3.63) is 36.3 Å². The van der Waals surface area contributed by atoms with Crippen molar-refractivity contribution in [2.24, 2.45) is 16.8 Å². The van der Waals surface area contributed by atoms with Crippen LogP contribution in [0, 0.1) is 11.8 Å². The number of pyridine rings is 1. The van der Waals surface area contributed by atoms with E-state index in [1.807, 2.05) is 35.0 Å². The normalized spacial score (nSPS) is 19.8. The summed E-state index contributed by atoms with van der Waals surface area (Å²) in [4.78, 5) is 23.4. The lowest BCUT2D eigenvalue weighted by atomic mass is 9.99. The first-order chi connectivity index (χ1) is 12.6. The van der Waals surface area contributed by atoms with Crippen LogP contribution in [0.3, 0.4) is 0 Å². The van der Waals surface area contributed by atoms with Gasteiger partial charge in [-0.15, -0.1) is 24.0 Å². The number of likely N-dealkylation sites (tertiary alicyclic amines) is 1. The zero-order valence-electron chi connectivity index (χ0n) is 16.1. The number of imidazole rings is 1. The number of halogens is 1. The van der Waals surface area contributed by atoms with Gasteiger partial charge in [0.25, 0.3) is 0 Å². The Morgan fingerprint density at radius 2 is 2.22 bits per heavy atom. The number of carbonyl (C=O) groups is 1. The van der Waals surface area contributed by atoms with Gasteiger partial charge in [0.05, 0.1) is 18.7 Å². The number of ether oxygens (including phenoxy) is 1. The van der Waals surface area contributed by atoms with Gasteiger partial charge in [-0.3, -0.25) is 9.79 Å². The highest BCUT2D eigenvalue weighted by molar-refractivity contribution is 14.0. The number of carbonyl (C=O) groups excluding carboxylic acids is 1. The van der Waals surface area contributed by atoms with Gasteiger partial charge in [-0.2, -0.15) is 0 Å². The van der Waals surface area contributed by atoms with Crippen LogP contribution in [0.15, 0.2) is 35.6 Å². The fourth-order valence-electron chi connectivity index (χ4n) is 3.41. The van der Waals surface area contributed by atoms with E-state index in [4.69, 9.17) is 9.73 Å². The number of nitrogens with one attached hydrogen (secondary N) is 1. The number of rotatable bonds is 5. The Morgan fingerprint density at radius 1 is 1.41 bits per heavy atom. The molecule has 0 bridgehead atoms. The van der Waals surface area contributed by atoms with E-state index >= 15 is 0 Å². The van der Waals surface area contributed by atoms with E-state index in [1.165, 1.54) is 7.11 Å². The molecule has 7 nitrogen and oxygen atoms in total. The van der Waals surface area contributed by atoms with Crippen molar-refractivity contribution in [2.45, 2.75) is 20.3 Å². The summed E-state index contributed by atoms with van der Waals surface area (Å²) in [5, 5.41) is 3.33. The minimum atomic E-state index is -0.138. The van der Waals surface area contributed by atoms with E-state index in [2.05, 4.69) is 29.0 Å². The molecule has 0 aromatic carbocycles. The number of methoxy groups -OCH3 is 1. The fraction of sp³-hybridized carbons (Fsp3) is 0.526. The van der Waals surface area contributed by atoms with Crippen LogP contribution in [0.1, 0.15) is 19.5 Å². The molecule has 2 unspecified atom stereocenters. The summed E-state index contributed by atoms with van der Waals surface area (Å²) >= 11 is 0. The van der Waals surface area contributed by atoms with Crippen molar-refractivity contribution < 1.29 is 9.53 Å². The smallest absolute Gasteiger partial charge is 0.310 e. The minimum Gasteiger partial charge on any atom is -0.469 e. The monoisotopic (exact) mass is 485 g/mol. The Labute approximate surface area is 177 Å². The second-order valence-corrected chi connectivity index (χ2v) is 6.70. The van der Waals surface area contributed by atoms with Crippen LogP contribution >= 0.6 is 24.0 Å². The van der Waals surface area contributed by atoms with Crippen molar-refractivity contribution in [3.8, 4) is 0 Å². The SMILES string of the molecule is CCNC(=NCCc1cn2ccccc2n1)N1CC(C)C(C(=O)OC)C1.I. The van der Waals surface area contributed by atoms with Gasteiger partial charge in [0, 0.05) is 45.0 Å². The van der Waals surface area contributed by atoms with Gasteiger partial charge in [-0.25, -0.2) is 4.98 Å². The molecule has 2 atom stereocenters. The third-order valence-electron chi connectivity index (χ3n) is 4.79. The molecule has 2 aromatic heterocycles. The molecule has 8 heteroatoms. The van der Waals surface area contributed by atoms with Gasteiger partial charge >= 0.3 is 5.97 Å². The standard InChI is InChI=1S/C19H27N5O2.HI/c1-4-20-19(24-11-14(2)16(13-24)18(25)26-3)21-9-8-15-12-23-10-6-5-7-17(23)22-15;/h5-7,10,12,14,16H,4,8-9,11,13H2,1-3H3,(H,20,21);1H. The van der Waals surface area contributed by atoms with Gasteiger partial charge in [0.15, 0.2) is 5.96 Å². The van der Waals surface area contributed by atoms with Gasteiger partial charge in [0.1, 0.15) is 5.65 Å². The van der Waals surface area contributed by atoms with Crippen LogP contribution in [0.25, 0.3) is 5.65 Å². The zero-order chi connectivity index (χ0) is 18.5. The summed E-state index contributed by atoms with van der Waals surface area (Å²) in [7, 11) is 1.45. The quantitative estimate of drug-likeness (QED) is 0.305. The maximum absolute atomic E-state index is 11.9. The predicted octanol–water partition coefficient (Wildman–Crippen LogP) is 2.20. The van der Waals surface area contributed by atoms with Crippen LogP contribution < -0.4 is 5.32 Å². The predicted molar refractivity (Wildman–Crippen MR) is 117 cm³/mol. The average molecular weight is 485 g/mol. The number of aromatic nitrogens is 2. The molecule has 0 radical (unpaired) electrons. The third kappa shape index (κ3) is 5.12. The maximum Gasteiger partial charge on any atom is 0.310 e. The van der Waals surface area contributed by atoms with Gasteiger partial charge in [-0.05, 0) is 25.0 Å². The molecule has 1 fully saturated rings. The number of hydrogen-bond donors (Lipinski definition) is 1. The molecule has 3 heterocycles. The molecule has 0 saturated carbocycles. The highest BCUT2D eigenvalue weighted by Gasteiger charge is 2.36. The summed E-state index contributed by atoms with van der Waals surface area (Å²) in [6, 6.07) is 5.97. The highest BCUT2D eigenvalue weighted by atomic mass is 127. The lowest BCUT2D eigenvalue weighted by Gasteiger charge is -2.21. The fourth-order valence-corrected chi connectivity index (χ4v) is 3.41. The first-order valence-corrected chi connectivity index (χ1v) is 9.16. The summed E-state index contributed by atoms with van der Waals surface area (Å²) in [5.41, 5.74) is 1.98. The summed E-state index contributed by atoms with van der Waals surface area (Å²) < 4.78 is 6.95. The van der Waals surface area contributed by atoms with Crippen molar-refractivity contribution in [3.63, 3.8) is 0 Å². The van der Waals surface area contributed by atoms with Crippen LogP contribution in [-0.2, 0) is 16.0 Å². The Bertz CT molecular complexity index is 758. The molecule has 0 aliphatic carbocycles. The zero-order valence-corrected chi connectivity index (χ0v) is 18.4. The number of fused-ring (bicyclic) bond motifs is 1. The summed E-state index contributed by atoms with van der Waals surface area (Å²) in [6.45, 7) is 7.03. The number of hydrogen-bond acceptors (Lipinski definition) is 4. The van der Waals surface area contributed by atoms with Gasteiger partial charge < -0.3 is 19.4 Å². The first kappa shape index (κ1) is 21.5. The molecule has 1 N–H and O–H groups in total. The summed E-state index contributed by atoms with van der Waals surface area (Å²) in [6.07, 6.45) is 4.82. The number of esters is 1. The number of guanidine groups is 1. The van der Waals surface area contributed by atoms with Gasteiger partial charge in [-0.1, -0.05) is 13.0 Å². The molecule has 148 valence electrons. The van der Waals surface area contributed by atoms with E-state index in [9.17, 15) is 4.79 Å². The van der Waals surface area contributed by atoms with Crippen LogP contribution in [0.5, 0.6) is 0 Å². The van der Waals surface area contributed by atoms with E-state index < -0.39 is 0 Å². The van der Waals surface area contributed by atoms with E-state index in [-0.39, 0.29) is 41.8 Å². The second-order valence-electron chi connectivity index (χ2n) is 6.70. The van der Waals surface area contributed by atoms with E-state index in [0.29, 0.717) is 13.1 Å². The lowest BCUT2D eigenvalue weighted by Crippen LogP contribution is -2.40. The molecule has 3 rings (SSSR count). The largest absolute Gasteiger partial charge is 0.469 e. The van der Waals surface area contributed by atoms with Crippen LogP contribution in [0.4, 0.5) is 0 Å². The molecule has 1 aliphatic heterocycles. The molecule has 27 heavy (non-hydrogen) atoms. The molecular weight excluding hydrogens is 457 g/mol. The third-order valence-corrected chi connectivity index (χ3v) is 4.79. The topological polar surface area (TPSA) is 71.2 Å². The van der Waals surface area contributed by atoms with E-state index in [0.717, 1.165) is 36.8 Å². The van der Waals surface area contributed by atoms with Gasteiger partial charge in [0.2, 0.25) is 0 Å². The number of aliphatic imine (C=N–C) groups is 1. The van der Waals surface area contributed by atoms with Crippen molar-refractivity contribution in [1.29, 1.82) is 0 Å². The molecule has 0 spiro atoms. The van der Waals surface area contributed by atoms with Crippen LogP contribution in [-0.4, -0.2) is 59.5 Å². The van der Waals surface area contributed by atoms with Crippen molar-refractivity contribution >= 4 is 41.6 Å². The van der Waals surface area contributed by atoms with Crippen LogP contribution in [0.2, 0.25) is 0 Å². The lowest BCUT2D eigenvalue weighted by molar-refractivity contribution is -0.145. The minimum absolute atomic E-state index is 0. The Balaban J connectivity index is 0.00000261. The Morgan fingerprint density at radius 3 is 2.93 bits per heavy atom. The number of nitrogens with zero attached hydrogens (tertiary/aromatic N) is 4. The second kappa shape index (κ2) is 9.91. The first-order valence-electron chi connectivity index (χ1n) is 9.16. The molecule has 1 saturated heterocycles. The van der Waals surface area contributed by atoms with E-state index in [1.54, 1.807) is 0 Å². The molecule has 0 amide bonds. The molecule has 2 aromatic rings. The Kier molecular flexibility index (Phi) is 7.88. The Hall–Kier alpha value is -1.84. The highest BCUT2D eigenvalue weighted by Crippen LogP contribution is 2.24.